The van der Waals surface area contributed by atoms with E-state index in [1.54, 1.807) is 45.0 Å². The Bertz CT molecular complexity index is 1070. The van der Waals surface area contributed by atoms with Crippen molar-refractivity contribution in [1.29, 1.82) is 0 Å². The third-order valence-corrected chi connectivity index (χ3v) is 7.52. The first-order valence-corrected chi connectivity index (χ1v) is 16.2. The van der Waals surface area contributed by atoms with Crippen LogP contribution in [0.25, 0.3) is 0 Å². The first kappa shape index (κ1) is 39.7. The van der Waals surface area contributed by atoms with Gasteiger partial charge in [-0.3, -0.25) is 14.4 Å². The van der Waals surface area contributed by atoms with Crippen LogP contribution in [0.3, 0.4) is 0 Å². The Morgan fingerprint density at radius 2 is 1.58 bits per heavy atom. The lowest BCUT2D eigenvalue weighted by Crippen LogP contribution is -2.49. The van der Waals surface area contributed by atoms with Gasteiger partial charge in [-0.2, -0.15) is 0 Å². The van der Waals surface area contributed by atoms with Gasteiger partial charge in [0.05, 0.1) is 24.3 Å². The summed E-state index contributed by atoms with van der Waals surface area (Å²) >= 11 is 0. The van der Waals surface area contributed by atoms with Gasteiger partial charge in [0.1, 0.15) is 18.0 Å². The van der Waals surface area contributed by atoms with Gasteiger partial charge in [-0.1, -0.05) is 53.2 Å². The third kappa shape index (κ3) is 16.0. The number of alkyl carbamates (subject to hydrolysis) is 1. The highest BCUT2D eigenvalue weighted by Gasteiger charge is 2.33. The molecule has 4 amide bonds. The number of hydrogen-bond acceptors (Lipinski definition) is 7. The van der Waals surface area contributed by atoms with E-state index in [0.717, 1.165) is 12.8 Å². The maximum absolute atomic E-state index is 13.2. The van der Waals surface area contributed by atoms with Gasteiger partial charge in [-0.05, 0) is 69.9 Å². The molecule has 0 saturated carbocycles. The van der Waals surface area contributed by atoms with Crippen LogP contribution in [0.1, 0.15) is 98.4 Å². The summed E-state index contributed by atoms with van der Waals surface area (Å²) in [5.74, 6) is -0.712. The standard InChI is InChI=1S/C34H58N4O7/c1-10-11-16-36-32(42)27(23(4)5)20-29(40)28(38-33(43)45-34(7,8)9)19-25(22(2)3)21-37-31(41)26-14-12-13-15-30(26)44-18-17-35-24(6)39/h12-15,22-23,25,27-29,40H,10-11,16-21H2,1-9H3,(H,35,39)(H,36,42)(H,37,41)(H,38,43). The summed E-state index contributed by atoms with van der Waals surface area (Å²) in [5, 5.41) is 23.0. The topological polar surface area (TPSA) is 155 Å². The summed E-state index contributed by atoms with van der Waals surface area (Å²) in [6.45, 7) is 18.1. The average Bonchev–Trinajstić information content (AvgIpc) is 2.94. The molecule has 0 bridgehead atoms. The Morgan fingerprint density at radius 3 is 2.16 bits per heavy atom. The minimum absolute atomic E-state index is 0.0239. The molecule has 0 aliphatic heterocycles. The van der Waals surface area contributed by atoms with Crippen molar-refractivity contribution in [3.63, 3.8) is 0 Å². The van der Waals surface area contributed by atoms with Crippen molar-refractivity contribution in [2.45, 2.75) is 106 Å². The lowest BCUT2D eigenvalue weighted by atomic mass is 9.82. The second kappa shape index (κ2) is 19.9. The summed E-state index contributed by atoms with van der Waals surface area (Å²) in [6.07, 6.45) is 0.652. The SMILES string of the molecule is CCCCNC(=O)C(CC(O)C(CC(CNC(=O)c1ccccc1OCCNC(C)=O)C(C)C)NC(=O)OC(C)(C)C)C(C)C. The molecule has 0 saturated heterocycles. The molecule has 0 radical (unpaired) electrons. The Morgan fingerprint density at radius 1 is 0.911 bits per heavy atom. The van der Waals surface area contributed by atoms with Gasteiger partial charge >= 0.3 is 6.09 Å². The summed E-state index contributed by atoms with van der Waals surface area (Å²) < 4.78 is 11.2. The van der Waals surface area contributed by atoms with E-state index >= 15 is 0 Å². The van der Waals surface area contributed by atoms with Crippen LogP contribution >= 0.6 is 0 Å². The molecule has 1 aromatic carbocycles. The quantitative estimate of drug-likeness (QED) is 0.141. The largest absolute Gasteiger partial charge is 0.491 e. The van der Waals surface area contributed by atoms with E-state index in [1.165, 1.54) is 6.92 Å². The van der Waals surface area contributed by atoms with E-state index in [2.05, 4.69) is 28.2 Å². The van der Waals surface area contributed by atoms with Crippen molar-refractivity contribution in [3.05, 3.63) is 29.8 Å². The van der Waals surface area contributed by atoms with E-state index in [4.69, 9.17) is 9.47 Å². The number of nitrogens with one attached hydrogen (secondary N) is 4. The van der Waals surface area contributed by atoms with Crippen molar-refractivity contribution in [1.82, 2.24) is 21.3 Å². The van der Waals surface area contributed by atoms with Gasteiger partial charge in [0, 0.05) is 25.9 Å². The number of benzene rings is 1. The number of aliphatic hydroxyl groups is 1. The molecule has 11 nitrogen and oxygen atoms in total. The molecule has 0 aliphatic carbocycles. The molecule has 0 aromatic heterocycles. The molecule has 0 fully saturated rings. The molecular weight excluding hydrogens is 576 g/mol. The molecule has 45 heavy (non-hydrogen) atoms. The summed E-state index contributed by atoms with van der Waals surface area (Å²) in [4.78, 5) is 50.2. The Hall–Kier alpha value is -3.34. The minimum Gasteiger partial charge on any atom is -0.491 e. The molecule has 0 spiro atoms. The van der Waals surface area contributed by atoms with Crippen LogP contribution in [0.4, 0.5) is 4.79 Å². The van der Waals surface area contributed by atoms with Crippen LogP contribution in [0, 0.1) is 23.7 Å². The number of amides is 4. The minimum atomic E-state index is -1.03. The first-order chi connectivity index (χ1) is 21.0. The van der Waals surface area contributed by atoms with Crippen molar-refractivity contribution in [3.8, 4) is 5.75 Å². The fourth-order valence-electron chi connectivity index (χ4n) is 4.80. The van der Waals surface area contributed by atoms with Gasteiger partial charge in [-0.25, -0.2) is 4.79 Å². The maximum atomic E-state index is 13.2. The first-order valence-electron chi connectivity index (χ1n) is 16.2. The predicted molar refractivity (Wildman–Crippen MR) is 176 cm³/mol. The lowest BCUT2D eigenvalue weighted by molar-refractivity contribution is -0.127. The van der Waals surface area contributed by atoms with Crippen molar-refractivity contribution >= 4 is 23.8 Å². The second-order valence-electron chi connectivity index (χ2n) is 13.3. The second-order valence-corrected chi connectivity index (χ2v) is 13.3. The lowest BCUT2D eigenvalue weighted by Gasteiger charge is -2.33. The Balaban J connectivity index is 3.09. The van der Waals surface area contributed by atoms with E-state index in [9.17, 15) is 24.3 Å². The van der Waals surface area contributed by atoms with Crippen LogP contribution < -0.4 is 26.0 Å². The van der Waals surface area contributed by atoms with Crippen LogP contribution in [0.5, 0.6) is 5.75 Å². The van der Waals surface area contributed by atoms with Crippen LogP contribution in [-0.2, 0) is 14.3 Å². The monoisotopic (exact) mass is 634 g/mol. The molecule has 1 aromatic rings. The predicted octanol–water partition coefficient (Wildman–Crippen LogP) is 4.43. The van der Waals surface area contributed by atoms with E-state index in [-0.39, 0.29) is 55.0 Å². The number of aliphatic hydroxyl groups excluding tert-OH is 1. The van der Waals surface area contributed by atoms with Crippen LogP contribution in [0.15, 0.2) is 24.3 Å². The number of ether oxygens (including phenoxy) is 2. The van der Waals surface area contributed by atoms with Crippen molar-refractivity contribution < 1.29 is 33.8 Å². The molecule has 4 unspecified atom stereocenters. The maximum Gasteiger partial charge on any atom is 0.407 e. The van der Waals surface area contributed by atoms with Gasteiger partial charge < -0.3 is 35.8 Å². The number of hydrogen-bond donors (Lipinski definition) is 5. The van der Waals surface area contributed by atoms with Gasteiger partial charge in [0.2, 0.25) is 11.8 Å². The van der Waals surface area contributed by atoms with Gasteiger partial charge in [0.25, 0.3) is 5.91 Å². The number of unbranched alkanes of at least 4 members (excludes halogenated alkanes) is 1. The molecule has 1 rings (SSSR count). The summed E-state index contributed by atoms with van der Waals surface area (Å²) in [5.41, 5.74) is -0.373. The van der Waals surface area contributed by atoms with Crippen LogP contribution in [0.2, 0.25) is 0 Å². The molecule has 256 valence electrons. The Kier molecular flexibility index (Phi) is 17.6. The highest BCUT2D eigenvalue weighted by molar-refractivity contribution is 5.96. The molecule has 11 heteroatoms. The van der Waals surface area contributed by atoms with Crippen molar-refractivity contribution in [2.75, 3.05) is 26.2 Å². The molecule has 0 aliphatic rings. The zero-order valence-electron chi connectivity index (χ0n) is 28.8. The fraction of sp³-hybridized carbons (Fsp3) is 0.706. The van der Waals surface area contributed by atoms with Gasteiger partial charge in [0.15, 0.2) is 0 Å². The highest BCUT2D eigenvalue weighted by atomic mass is 16.6. The Labute approximate surface area is 270 Å². The molecule has 5 N–H and O–H groups in total. The van der Waals surface area contributed by atoms with Crippen LogP contribution in [-0.4, -0.2) is 72.9 Å². The summed E-state index contributed by atoms with van der Waals surface area (Å²) in [6, 6.07) is 6.16. The zero-order valence-corrected chi connectivity index (χ0v) is 28.8. The average molecular weight is 635 g/mol. The molecule has 4 atom stereocenters. The zero-order chi connectivity index (χ0) is 34.2. The number of rotatable bonds is 19. The third-order valence-electron chi connectivity index (χ3n) is 7.52. The van der Waals surface area contributed by atoms with E-state index in [0.29, 0.717) is 30.8 Å². The summed E-state index contributed by atoms with van der Waals surface area (Å²) in [7, 11) is 0. The smallest absolute Gasteiger partial charge is 0.407 e. The van der Waals surface area contributed by atoms with Crippen molar-refractivity contribution in [2.24, 2.45) is 23.7 Å². The normalized spacial score (nSPS) is 14.2. The molecular formula is C34H58N4O7. The molecule has 0 heterocycles. The highest BCUT2D eigenvalue weighted by Crippen LogP contribution is 2.25. The van der Waals surface area contributed by atoms with E-state index < -0.39 is 29.8 Å². The van der Waals surface area contributed by atoms with E-state index in [1.807, 2.05) is 27.7 Å². The van der Waals surface area contributed by atoms with Gasteiger partial charge in [-0.15, -0.1) is 0 Å². The number of para-hydroxylation sites is 1. The number of carbonyl (C=O) groups excluding carboxylic acids is 4. The number of carbonyl (C=O) groups is 4. The fourth-order valence-corrected chi connectivity index (χ4v) is 4.80.